The van der Waals surface area contributed by atoms with Crippen molar-refractivity contribution in [3.63, 3.8) is 0 Å². The second kappa shape index (κ2) is 7.81. The molecular formula is C15H29IN4O2. The van der Waals surface area contributed by atoms with Gasteiger partial charge < -0.3 is 20.3 Å². The summed E-state index contributed by atoms with van der Waals surface area (Å²) in [7, 11) is 3.49. The highest BCUT2D eigenvalue weighted by molar-refractivity contribution is 14.0. The summed E-state index contributed by atoms with van der Waals surface area (Å²) in [6.45, 7) is 8.28. The van der Waals surface area contributed by atoms with E-state index in [1.807, 2.05) is 6.92 Å². The molecule has 7 heteroatoms. The van der Waals surface area contributed by atoms with Crippen molar-refractivity contribution < 1.29 is 9.53 Å². The van der Waals surface area contributed by atoms with Gasteiger partial charge in [-0.05, 0) is 13.3 Å². The van der Waals surface area contributed by atoms with Crippen LogP contribution in [0.25, 0.3) is 0 Å². The van der Waals surface area contributed by atoms with Gasteiger partial charge in [-0.25, -0.2) is 4.99 Å². The van der Waals surface area contributed by atoms with Gasteiger partial charge >= 0.3 is 0 Å². The number of amides is 1. The molecule has 3 atom stereocenters. The molecule has 1 heterocycles. The molecule has 128 valence electrons. The number of likely N-dealkylation sites (N-methyl/N-ethyl adjacent to an activating group) is 1. The molecule has 2 fully saturated rings. The Hall–Kier alpha value is -0.570. The van der Waals surface area contributed by atoms with Crippen molar-refractivity contribution in [2.45, 2.75) is 39.3 Å². The molecule has 6 nitrogen and oxygen atoms in total. The highest BCUT2D eigenvalue weighted by Crippen LogP contribution is 2.51. The Morgan fingerprint density at radius 2 is 2.09 bits per heavy atom. The fraction of sp³-hybridized carbons (Fsp3) is 0.867. The molecule has 0 aromatic rings. The lowest BCUT2D eigenvalue weighted by Crippen LogP contribution is -2.68. The molecule has 2 rings (SSSR count). The Morgan fingerprint density at radius 1 is 1.41 bits per heavy atom. The number of halogens is 1. The average Bonchev–Trinajstić information content (AvgIpc) is 2.88. The summed E-state index contributed by atoms with van der Waals surface area (Å²) in [5.74, 6) is 1.27. The molecule has 0 bridgehead atoms. The van der Waals surface area contributed by atoms with Crippen molar-refractivity contribution in [2.75, 3.05) is 33.8 Å². The quantitative estimate of drug-likeness (QED) is 0.403. The summed E-state index contributed by atoms with van der Waals surface area (Å²) < 4.78 is 5.81. The van der Waals surface area contributed by atoms with E-state index in [2.05, 4.69) is 29.5 Å². The van der Waals surface area contributed by atoms with Crippen molar-refractivity contribution in [3.8, 4) is 0 Å². The Labute approximate surface area is 150 Å². The number of nitrogens with one attached hydrogen (secondary N) is 2. The number of hydrogen-bond donors (Lipinski definition) is 2. The first-order valence-corrected chi connectivity index (χ1v) is 7.74. The maximum absolute atomic E-state index is 11.7. The van der Waals surface area contributed by atoms with Gasteiger partial charge in [-0.2, -0.15) is 0 Å². The normalized spacial score (nSPS) is 29.0. The number of ether oxygens (including phenoxy) is 1. The van der Waals surface area contributed by atoms with E-state index in [-0.39, 0.29) is 41.8 Å². The van der Waals surface area contributed by atoms with Gasteiger partial charge in [0.05, 0.1) is 6.10 Å². The first-order valence-electron chi connectivity index (χ1n) is 7.74. The van der Waals surface area contributed by atoms with Crippen molar-refractivity contribution in [3.05, 3.63) is 0 Å². The van der Waals surface area contributed by atoms with Gasteiger partial charge in [0.25, 0.3) is 0 Å². The average molecular weight is 424 g/mol. The van der Waals surface area contributed by atoms with E-state index < -0.39 is 0 Å². The summed E-state index contributed by atoms with van der Waals surface area (Å²) in [6, 6.07) is 0.345. The van der Waals surface area contributed by atoms with Crippen molar-refractivity contribution in [1.82, 2.24) is 15.5 Å². The number of hydrogen-bond acceptors (Lipinski definition) is 3. The summed E-state index contributed by atoms with van der Waals surface area (Å²) in [6.07, 6.45) is 1.45. The molecule has 0 aromatic heterocycles. The van der Waals surface area contributed by atoms with Crippen LogP contribution in [0.5, 0.6) is 0 Å². The maximum Gasteiger partial charge on any atom is 0.243 e. The zero-order chi connectivity index (χ0) is 15.6. The molecule has 2 aliphatic rings. The zero-order valence-electron chi connectivity index (χ0n) is 14.2. The summed E-state index contributed by atoms with van der Waals surface area (Å²) >= 11 is 0. The van der Waals surface area contributed by atoms with Crippen LogP contribution in [0.2, 0.25) is 0 Å². The lowest BCUT2D eigenvalue weighted by atomic mass is 9.57. The fourth-order valence-corrected chi connectivity index (χ4v) is 3.37. The predicted octanol–water partition coefficient (Wildman–Crippen LogP) is 1.06. The number of nitrogens with zero attached hydrogens (tertiary/aromatic N) is 2. The molecular weight excluding hydrogens is 395 g/mol. The molecule has 1 saturated carbocycles. The number of rotatable bonds is 4. The minimum Gasteiger partial charge on any atom is -0.377 e. The molecule has 22 heavy (non-hydrogen) atoms. The van der Waals surface area contributed by atoms with E-state index in [0.717, 1.165) is 25.5 Å². The molecule has 0 aromatic carbocycles. The lowest BCUT2D eigenvalue weighted by molar-refractivity contribution is -0.127. The molecule has 0 spiro atoms. The zero-order valence-corrected chi connectivity index (χ0v) is 16.5. The van der Waals surface area contributed by atoms with Gasteiger partial charge in [0.2, 0.25) is 5.91 Å². The lowest BCUT2D eigenvalue weighted by Gasteiger charge is -2.54. The first kappa shape index (κ1) is 19.5. The van der Waals surface area contributed by atoms with Crippen LogP contribution >= 0.6 is 24.0 Å². The van der Waals surface area contributed by atoms with E-state index in [9.17, 15) is 4.79 Å². The molecule has 0 radical (unpaired) electrons. The van der Waals surface area contributed by atoms with Gasteiger partial charge in [0.1, 0.15) is 6.54 Å². The monoisotopic (exact) mass is 424 g/mol. The van der Waals surface area contributed by atoms with Crippen LogP contribution in [0.15, 0.2) is 4.99 Å². The third-order valence-electron chi connectivity index (χ3n) is 4.61. The molecule has 1 amide bonds. The summed E-state index contributed by atoms with van der Waals surface area (Å²) in [5.41, 5.74) is 0.100. The largest absolute Gasteiger partial charge is 0.377 e. The molecule has 1 saturated heterocycles. The number of carbonyl (C=O) groups excluding carboxylic acids is 1. The molecule has 1 aliphatic heterocycles. The number of fused-ring (bicyclic) bond motifs is 1. The third kappa shape index (κ3) is 3.84. The van der Waals surface area contributed by atoms with Crippen LogP contribution < -0.4 is 10.6 Å². The van der Waals surface area contributed by atoms with Gasteiger partial charge in [0.15, 0.2) is 5.96 Å². The van der Waals surface area contributed by atoms with Crippen LogP contribution in [0, 0.1) is 11.3 Å². The second-order valence-corrected chi connectivity index (χ2v) is 6.67. The minimum absolute atomic E-state index is 0. The maximum atomic E-state index is 11.7. The van der Waals surface area contributed by atoms with Crippen LogP contribution in [-0.4, -0.2) is 62.7 Å². The van der Waals surface area contributed by atoms with Gasteiger partial charge in [-0.3, -0.25) is 4.79 Å². The second-order valence-electron chi connectivity index (χ2n) is 6.67. The number of carbonyl (C=O) groups is 1. The smallest absolute Gasteiger partial charge is 0.243 e. The number of guanidine groups is 1. The number of aliphatic imine (C=N–C) groups is 1. The van der Waals surface area contributed by atoms with E-state index in [1.165, 1.54) is 0 Å². The predicted molar refractivity (Wildman–Crippen MR) is 98.6 cm³/mol. The van der Waals surface area contributed by atoms with Crippen LogP contribution in [0.1, 0.15) is 27.2 Å². The van der Waals surface area contributed by atoms with Crippen LogP contribution in [0.4, 0.5) is 0 Å². The van der Waals surface area contributed by atoms with Crippen LogP contribution in [0.3, 0.4) is 0 Å². The minimum atomic E-state index is 0. The van der Waals surface area contributed by atoms with Crippen molar-refractivity contribution in [2.24, 2.45) is 16.3 Å². The van der Waals surface area contributed by atoms with Crippen molar-refractivity contribution >= 4 is 35.8 Å². The van der Waals surface area contributed by atoms with Crippen LogP contribution in [-0.2, 0) is 9.53 Å². The first-order chi connectivity index (χ1) is 9.87. The highest BCUT2D eigenvalue weighted by atomic mass is 127. The van der Waals surface area contributed by atoms with E-state index in [0.29, 0.717) is 18.1 Å². The Morgan fingerprint density at radius 3 is 2.68 bits per heavy atom. The third-order valence-corrected chi connectivity index (χ3v) is 4.61. The SMILES string of the molecule is CCNC(=NCC(=O)N(C)C)NC1C2CCOC2C1(C)C.I. The van der Waals surface area contributed by atoms with Gasteiger partial charge in [-0.15, -0.1) is 24.0 Å². The Bertz CT molecular complexity index is 426. The topological polar surface area (TPSA) is 66.0 Å². The molecule has 1 aliphatic carbocycles. The van der Waals surface area contributed by atoms with Gasteiger partial charge in [0, 0.05) is 44.6 Å². The highest BCUT2D eigenvalue weighted by Gasteiger charge is 2.59. The summed E-state index contributed by atoms with van der Waals surface area (Å²) in [5, 5.41) is 6.72. The summed E-state index contributed by atoms with van der Waals surface area (Å²) in [4.78, 5) is 17.6. The Kier molecular flexibility index (Phi) is 6.91. The van der Waals surface area contributed by atoms with Crippen molar-refractivity contribution in [1.29, 1.82) is 0 Å². The van der Waals surface area contributed by atoms with E-state index in [4.69, 9.17) is 4.74 Å². The standard InChI is InChI=1S/C15H28N4O2.HI/c1-6-16-14(17-9-11(20)19(4)5)18-12-10-7-8-21-13(10)15(12,2)3;/h10,12-13H,6-9H2,1-5H3,(H2,16,17,18);1H. The van der Waals surface area contributed by atoms with E-state index >= 15 is 0 Å². The molecule has 3 unspecified atom stereocenters. The molecule has 2 N–H and O–H groups in total. The Balaban J connectivity index is 0.00000242. The van der Waals surface area contributed by atoms with E-state index in [1.54, 1.807) is 19.0 Å². The van der Waals surface area contributed by atoms with Gasteiger partial charge in [-0.1, -0.05) is 13.8 Å². The fourth-order valence-electron chi connectivity index (χ4n) is 3.37.